The number of aromatic nitrogens is 2. The average molecular weight is 463 g/mol. The number of rotatable bonds is 5. The maximum absolute atomic E-state index is 12.9. The lowest BCUT2D eigenvalue weighted by molar-refractivity contribution is 0.601. The van der Waals surface area contributed by atoms with Gasteiger partial charge in [0.15, 0.2) is 5.82 Å². The summed E-state index contributed by atoms with van der Waals surface area (Å²) >= 11 is 12.1. The standard InChI is InChI=1S/C21H20Cl2N4O2S/c1-14-11-20(18(23)13-17(14)22)30(28,29)26-16-6-4-5-15(12-16)19-7-8-21(25-24-19)27-9-2-3-10-27/h4-8,11-13,26H,2-3,9-10H2,1H3. The Morgan fingerprint density at radius 3 is 2.43 bits per heavy atom. The minimum atomic E-state index is -3.88. The third-order valence-corrected chi connectivity index (χ3v) is 7.25. The SMILES string of the molecule is Cc1cc(S(=O)(=O)Nc2cccc(-c3ccc(N4CCCC4)nn3)c2)c(Cl)cc1Cl. The summed E-state index contributed by atoms with van der Waals surface area (Å²) in [6, 6.07) is 13.7. The first-order valence-electron chi connectivity index (χ1n) is 9.51. The van der Waals surface area contributed by atoms with Gasteiger partial charge in [0.05, 0.1) is 10.7 Å². The molecule has 1 saturated heterocycles. The van der Waals surface area contributed by atoms with Gasteiger partial charge in [0, 0.05) is 29.4 Å². The molecule has 4 rings (SSSR count). The van der Waals surface area contributed by atoms with Gasteiger partial charge in [-0.2, -0.15) is 0 Å². The lowest BCUT2D eigenvalue weighted by Gasteiger charge is -2.15. The predicted molar refractivity (Wildman–Crippen MR) is 121 cm³/mol. The molecule has 30 heavy (non-hydrogen) atoms. The Labute approximate surface area is 185 Å². The van der Waals surface area contributed by atoms with Crippen LogP contribution in [-0.2, 0) is 10.0 Å². The van der Waals surface area contributed by atoms with E-state index in [9.17, 15) is 8.42 Å². The lowest BCUT2D eigenvalue weighted by Crippen LogP contribution is -2.19. The van der Waals surface area contributed by atoms with E-state index < -0.39 is 10.0 Å². The molecule has 2 heterocycles. The predicted octanol–water partition coefficient (Wildman–Crippen LogP) is 5.16. The van der Waals surface area contributed by atoms with Crippen LogP contribution >= 0.6 is 23.2 Å². The van der Waals surface area contributed by atoms with E-state index in [0.29, 0.717) is 22.0 Å². The van der Waals surface area contributed by atoms with Crippen molar-refractivity contribution in [2.24, 2.45) is 0 Å². The summed E-state index contributed by atoms with van der Waals surface area (Å²) in [5.41, 5.74) is 2.46. The molecule has 0 unspecified atom stereocenters. The molecule has 0 radical (unpaired) electrons. The van der Waals surface area contributed by atoms with E-state index in [2.05, 4.69) is 19.8 Å². The second kappa shape index (κ2) is 8.41. The van der Waals surface area contributed by atoms with Crippen molar-refractivity contribution in [2.45, 2.75) is 24.7 Å². The van der Waals surface area contributed by atoms with Crippen molar-refractivity contribution < 1.29 is 8.42 Å². The number of hydrogen-bond donors (Lipinski definition) is 1. The lowest BCUT2D eigenvalue weighted by atomic mass is 10.1. The van der Waals surface area contributed by atoms with Crippen molar-refractivity contribution >= 4 is 44.7 Å². The summed E-state index contributed by atoms with van der Waals surface area (Å²) in [5.74, 6) is 0.862. The zero-order valence-electron chi connectivity index (χ0n) is 16.3. The molecule has 6 nitrogen and oxygen atoms in total. The van der Waals surface area contributed by atoms with Crippen molar-refractivity contribution in [3.8, 4) is 11.3 Å². The monoisotopic (exact) mass is 462 g/mol. The van der Waals surface area contributed by atoms with Gasteiger partial charge in [-0.05, 0) is 61.7 Å². The maximum atomic E-state index is 12.9. The van der Waals surface area contributed by atoms with Crippen LogP contribution in [0.4, 0.5) is 11.5 Å². The Morgan fingerprint density at radius 1 is 0.967 bits per heavy atom. The Balaban J connectivity index is 1.58. The van der Waals surface area contributed by atoms with Gasteiger partial charge < -0.3 is 4.90 Å². The van der Waals surface area contributed by atoms with Crippen molar-refractivity contribution in [2.75, 3.05) is 22.7 Å². The van der Waals surface area contributed by atoms with Crippen LogP contribution in [0.25, 0.3) is 11.3 Å². The largest absolute Gasteiger partial charge is 0.355 e. The second-order valence-electron chi connectivity index (χ2n) is 7.19. The molecule has 2 aromatic carbocycles. The molecule has 0 amide bonds. The van der Waals surface area contributed by atoms with Gasteiger partial charge in [-0.1, -0.05) is 35.3 Å². The van der Waals surface area contributed by atoms with Crippen LogP contribution in [0.1, 0.15) is 18.4 Å². The first-order chi connectivity index (χ1) is 14.3. The van der Waals surface area contributed by atoms with E-state index in [1.54, 1.807) is 25.1 Å². The highest BCUT2D eigenvalue weighted by atomic mass is 35.5. The van der Waals surface area contributed by atoms with Gasteiger partial charge in [-0.15, -0.1) is 10.2 Å². The average Bonchev–Trinajstić information content (AvgIpc) is 3.25. The van der Waals surface area contributed by atoms with Gasteiger partial charge in [-0.3, -0.25) is 4.72 Å². The molecular weight excluding hydrogens is 443 g/mol. The molecule has 1 aromatic heterocycles. The smallest absolute Gasteiger partial charge is 0.263 e. The first kappa shape index (κ1) is 20.9. The third-order valence-electron chi connectivity index (χ3n) is 4.99. The van der Waals surface area contributed by atoms with Gasteiger partial charge >= 0.3 is 0 Å². The molecular formula is C21H20Cl2N4O2S. The Bertz CT molecular complexity index is 1180. The van der Waals surface area contributed by atoms with Crippen molar-refractivity contribution in [3.63, 3.8) is 0 Å². The number of hydrogen-bond acceptors (Lipinski definition) is 5. The van der Waals surface area contributed by atoms with Crippen LogP contribution < -0.4 is 9.62 Å². The Kier molecular flexibility index (Phi) is 5.86. The van der Waals surface area contributed by atoms with Crippen LogP contribution in [0.2, 0.25) is 10.0 Å². The molecule has 1 aliphatic heterocycles. The molecule has 0 bridgehead atoms. The van der Waals surface area contributed by atoms with Crippen LogP contribution in [0, 0.1) is 6.92 Å². The zero-order valence-corrected chi connectivity index (χ0v) is 18.6. The minimum Gasteiger partial charge on any atom is -0.355 e. The number of sulfonamides is 1. The third kappa shape index (κ3) is 4.38. The number of nitrogens with zero attached hydrogens (tertiary/aromatic N) is 3. The van der Waals surface area contributed by atoms with E-state index in [-0.39, 0.29) is 9.92 Å². The fourth-order valence-corrected chi connectivity index (χ4v) is 5.27. The molecule has 0 atom stereocenters. The first-order valence-corrected chi connectivity index (χ1v) is 11.7. The summed E-state index contributed by atoms with van der Waals surface area (Å²) in [7, 11) is -3.88. The summed E-state index contributed by atoms with van der Waals surface area (Å²) < 4.78 is 28.3. The number of aryl methyl sites for hydroxylation is 1. The minimum absolute atomic E-state index is 0.0220. The number of benzene rings is 2. The molecule has 0 saturated carbocycles. The topological polar surface area (TPSA) is 75.2 Å². The molecule has 156 valence electrons. The van der Waals surface area contributed by atoms with Crippen LogP contribution in [-0.4, -0.2) is 31.7 Å². The van der Waals surface area contributed by atoms with Gasteiger partial charge in [0.2, 0.25) is 0 Å². The Morgan fingerprint density at radius 2 is 1.73 bits per heavy atom. The summed E-state index contributed by atoms with van der Waals surface area (Å²) in [4.78, 5) is 2.19. The number of nitrogens with one attached hydrogen (secondary N) is 1. The number of halogens is 2. The fraction of sp³-hybridized carbons (Fsp3) is 0.238. The van der Waals surface area contributed by atoms with E-state index in [1.165, 1.54) is 25.0 Å². The molecule has 0 spiro atoms. The molecule has 1 fully saturated rings. The molecule has 1 N–H and O–H groups in total. The van der Waals surface area contributed by atoms with Gasteiger partial charge in [-0.25, -0.2) is 8.42 Å². The zero-order chi connectivity index (χ0) is 21.3. The van der Waals surface area contributed by atoms with E-state index >= 15 is 0 Å². The van der Waals surface area contributed by atoms with Crippen molar-refractivity contribution in [1.82, 2.24) is 10.2 Å². The maximum Gasteiger partial charge on any atom is 0.263 e. The quantitative estimate of drug-likeness (QED) is 0.566. The van der Waals surface area contributed by atoms with Gasteiger partial charge in [0.25, 0.3) is 10.0 Å². The molecule has 1 aliphatic rings. The van der Waals surface area contributed by atoms with Crippen molar-refractivity contribution in [1.29, 1.82) is 0 Å². The second-order valence-corrected chi connectivity index (χ2v) is 9.65. The van der Waals surface area contributed by atoms with Crippen LogP contribution in [0.5, 0.6) is 0 Å². The highest BCUT2D eigenvalue weighted by Crippen LogP contribution is 2.30. The van der Waals surface area contributed by atoms with Crippen LogP contribution in [0.15, 0.2) is 53.4 Å². The fourth-order valence-electron chi connectivity index (χ4n) is 3.38. The molecule has 0 aliphatic carbocycles. The normalized spacial score (nSPS) is 14.2. The highest BCUT2D eigenvalue weighted by molar-refractivity contribution is 7.92. The Hall–Kier alpha value is -2.35. The summed E-state index contributed by atoms with van der Waals surface area (Å²) in [5, 5.41) is 9.13. The van der Waals surface area contributed by atoms with E-state index in [0.717, 1.165) is 24.5 Å². The van der Waals surface area contributed by atoms with E-state index in [4.69, 9.17) is 23.2 Å². The van der Waals surface area contributed by atoms with Crippen LogP contribution in [0.3, 0.4) is 0 Å². The number of anilines is 2. The van der Waals surface area contributed by atoms with E-state index in [1.807, 2.05) is 18.2 Å². The van der Waals surface area contributed by atoms with Crippen molar-refractivity contribution in [3.05, 3.63) is 64.1 Å². The summed E-state index contributed by atoms with van der Waals surface area (Å²) in [6.07, 6.45) is 2.34. The highest BCUT2D eigenvalue weighted by Gasteiger charge is 2.20. The molecule has 9 heteroatoms. The van der Waals surface area contributed by atoms with Gasteiger partial charge in [0.1, 0.15) is 4.90 Å². The molecule has 3 aromatic rings. The summed E-state index contributed by atoms with van der Waals surface area (Å²) in [6.45, 7) is 3.72.